The lowest BCUT2D eigenvalue weighted by Crippen LogP contribution is -2.34. The Morgan fingerprint density at radius 1 is 1.36 bits per heavy atom. The molecule has 0 N–H and O–H groups in total. The molecule has 0 bridgehead atoms. The second-order valence-electron chi connectivity index (χ2n) is 5.91. The van der Waals surface area contributed by atoms with Gasteiger partial charge in [0.25, 0.3) is 0 Å². The molecule has 5 heteroatoms. The standard InChI is InChI=1S/C17H22FN3O/c1-20-16(7-8-19-20)13-4-3-9-21(11-13)12-14-10-15(18)5-6-17(14)22-2/h5-8,10,13H,3-4,9,11-12H2,1-2H3/t13-/m1/s1. The normalized spacial score (nSPS) is 19.3. The van der Waals surface area contributed by atoms with Gasteiger partial charge in [-0.2, -0.15) is 5.10 Å². The van der Waals surface area contributed by atoms with Crippen molar-refractivity contribution in [1.29, 1.82) is 0 Å². The fraction of sp³-hybridized carbons (Fsp3) is 0.471. The number of ether oxygens (including phenoxy) is 1. The maximum Gasteiger partial charge on any atom is 0.123 e. The number of piperidine rings is 1. The minimum Gasteiger partial charge on any atom is -0.496 e. The van der Waals surface area contributed by atoms with Crippen molar-refractivity contribution in [3.63, 3.8) is 0 Å². The van der Waals surface area contributed by atoms with E-state index in [0.29, 0.717) is 5.92 Å². The van der Waals surface area contributed by atoms with Crippen LogP contribution >= 0.6 is 0 Å². The molecule has 2 aromatic rings. The second-order valence-corrected chi connectivity index (χ2v) is 5.91. The van der Waals surface area contributed by atoms with Crippen molar-refractivity contribution in [3.05, 3.63) is 47.5 Å². The summed E-state index contributed by atoms with van der Waals surface area (Å²) in [6.45, 7) is 2.72. The highest BCUT2D eigenvalue weighted by atomic mass is 19.1. The van der Waals surface area contributed by atoms with E-state index in [4.69, 9.17) is 4.74 Å². The Morgan fingerprint density at radius 2 is 2.23 bits per heavy atom. The van der Waals surface area contributed by atoms with Crippen molar-refractivity contribution in [2.75, 3.05) is 20.2 Å². The molecule has 3 rings (SSSR count). The van der Waals surface area contributed by atoms with Crippen molar-refractivity contribution in [2.45, 2.75) is 25.3 Å². The van der Waals surface area contributed by atoms with E-state index >= 15 is 0 Å². The molecule has 0 amide bonds. The summed E-state index contributed by atoms with van der Waals surface area (Å²) in [6, 6.07) is 6.81. The first-order valence-corrected chi connectivity index (χ1v) is 7.70. The molecule has 0 radical (unpaired) electrons. The quantitative estimate of drug-likeness (QED) is 0.870. The van der Waals surface area contributed by atoms with Crippen LogP contribution in [0.3, 0.4) is 0 Å². The van der Waals surface area contributed by atoms with Crippen molar-refractivity contribution in [3.8, 4) is 5.75 Å². The van der Waals surface area contributed by atoms with Gasteiger partial charge < -0.3 is 4.74 Å². The van der Waals surface area contributed by atoms with Crippen LogP contribution in [0.25, 0.3) is 0 Å². The first kappa shape index (κ1) is 15.0. The van der Waals surface area contributed by atoms with E-state index in [1.54, 1.807) is 19.2 Å². The smallest absolute Gasteiger partial charge is 0.123 e. The van der Waals surface area contributed by atoms with Crippen LogP contribution in [0.15, 0.2) is 30.5 Å². The molecular formula is C17H22FN3O. The Bertz CT molecular complexity index is 641. The van der Waals surface area contributed by atoms with Crippen molar-refractivity contribution >= 4 is 0 Å². The number of likely N-dealkylation sites (tertiary alicyclic amines) is 1. The number of benzene rings is 1. The van der Waals surface area contributed by atoms with Gasteiger partial charge in [0, 0.05) is 43.5 Å². The SMILES string of the molecule is COc1ccc(F)cc1CN1CCC[C@@H](c2ccnn2C)C1. The van der Waals surface area contributed by atoms with Gasteiger partial charge in [-0.1, -0.05) is 0 Å². The summed E-state index contributed by atoms with van der Waals surface area (Å²) >= 11 is 0. The van der Waals surface area contributed by atoms with Crippen LogP contribution in [0.4, 0.5) is 4.39 Å². The van der Waals surface area contributed by atoms with Crippen molar-refractivity contribution < 1.29 is 9.13 Å². The highest BCUT2D eigenvalue weighted by molar-refractivity contribution is 5.34. The van der Waals surface area contributed by atoms with Crippen LogP contribution in [0.1, 0.15) is 30.0 Å². The van der Waals surface area contributed by atoms with Gasteiger partial charge in [-0.15, -0.1) is 0 Å². The van der Waals surface area contributed by atoms with Crippen LogP contribution in [0, 0.1) is 5.82 Å². The molecule has 0 saturated carbocycles. The first-order chi connectivity index (χ1) is 10.7. The van der Waals surface area contributed by atoms with E-state index in [-0.39, 0.29) is 5.82 Å². The van der Waals surface area contributed by atoms with Gasteiger partial charge in [0.2, 0.25) is 0 Å². The Balaban J connectivity index is 1.73. The van der Waals surface area contributed by atoms with E-state index in [0.717, 1.165) is 37.4 Å². The average molecular weight is 303 g/mol. The van der Waals surface area contributed by atoms with Gasteiger partial charge in [-0.05, 0) is 43.7 Å². The lowest BCUT2D eigenvalue weighted by atomic mass is 9.94. The fourth-order valence-corrected chi connectivity index (χ4v) is 3.34. The minimum atomic E-state index is -0.212. The molecule has 22 heavy (non-hydrogen) atoms. The molecule has 2 heterocycles. The molecule has 118 valence electrons. The highest BCUT2D eigenvalue weighted by Crippen LogP contribution is 2.29. The zero-order valence-electron chi connectivity index (χ0n) is 13.1. The number of hydrogen-bond donors (Lipinski definition) is 0. The summed E-state index contributed by atoms with van der Waals surface area (Å²) in [5.74, 6) is 1.03. The maximum atomic E-state index is 13.5. The summed E-state index contributed by atoms with van der Waals surface area (Å²) in [4.78, 5) is 2.37. The third-order valence-electron chi connectivity index (χ3n) is 4.42. The molecule has 1 aromatic carbocycles. The zero-order chi connectivity index (χ0) is 15.5. The number of rotatable bonds is 4. The largest absolute Gasteiger partial charge is 0.496 e. The third-order valence-corrected chi connectivity index (χ3v) is 4.42. The molecule has 1 aliphatic rings. The van der Waals surface area contributed by atoms with E-state index < -0.39 is 0 Å². The van der Waals surface area contributed by atoms with Gasteiger partial charge in [-0.3, -0.25) is 9.58 Å². The fourth-order valence-electron chi connectivity index (χ4n) is 3.34. The number of hydrogen-bond acceptors (Lipinski definition) is 3. The topological polar surface area (TPSA) is 30.3 Å². The molecule has 1 fully saturated rings. The van der Waals surface area contributed by atoms with Gasteiger partial charge in [0.15, 0.2) is 0 Å². The second kappa shape index (κ2) is 6.48. The Morgan fingerprint density at radius 3 is 2.95 bits per heavy atom. The predicted molar refractivity (Wildman–Crippen MR) is 83.4 cm³/mol. The van der Waals surface area contributed by atoms with Gasteiger partial charge in [0.05, 0.1) is 7.11 Å². The number of nitrogens with zero attached hydrogens (tertiary/aromatic N) is 3. The van der Waals surface area contributed by atoms with Crippen molar-refractivity contribution in [2.24, 2.45) is 7.05 Å². The van der Waals surface area contributed by atoms with E-state index in [9.17, 15) is 4.39 Å². The highest BCUT2D eigenvalue weighted by Gasteiger charge is 2.24. The number of aryl methyl sites for hydroxylation is 1. The van der Waals surface area contributed by atoms with Crippen LogP contribution in [0.2, 0.25) is 0 Å². The van der Waals surface area contributed by atoms with Crippen LogP contribution in [-0.4, -0.2) is 34.9 Å². The Labute approximate surface area is 130 Å². The molecule has 4 nitrogen and oxygen atoms in total. The van der Waals surface area contributed by atoms with Crippen LogP contribution < -0.4 is 4.74 Å². The Hall–Kier alpha value is -1.88. The number of methoxy groups -OCH3 is 1. The summed E-state index contributed by atoms with van der Waals surface area (Å²) in [7, 11) is 3.62. The maximum absolute atomic E-state index is 13.5. The third kappa shape index (κ3) is 3.14. The summed E-state index contributed by atoms with van der Waals surface area (Å²) < 4.78 is 20.8. The summed E-state index contributed by atoms with van der Waals surface area (Å²) in [5.41, 5.74) is 2.18. The van der Waals surface area contributed by atoms with E-state index in [2.05, 4.69) is 16.1 Å². The van der Waals surface area contributed by atoms with Gasteiger partial charge >= 0.3 is 0 Å². The Kier molecular flexibility index (Phi) is 4.43. The monoisotopic (exact) mass is 303 g/mol. The number of halogens is 1. The van der Waals surface area contributed by atoms with E-state index in [1.165, 1.54) is 18.2 Å². The molecule has 1 aliphatic heterocycles. The number of aromatic nitrogens is 2. The lowest BCUT2D eigenvalue weighted by Gasteiger charge is -2.33. The summed E-state index contributed by atoms with van der Waals surface area (Å²) in [5, 5.41) is 4.27. The molecule has 1 saturated heterocycles. The molecule has 1 aromatic heterocycles. The van der Waals surface area contributed by atoms with E-state index in [1.807, 2.05) is 17.9 Å². The molecule has 0 aliphatic carbocycles. The van der Waals surface area contributed by atoms with Gasteiger partial charge in [-0.25, -0.2) is 4.39 Å². The van der Waals surface area contributed by atoms with Crippen LogP contribution in [-0.2, 0) is 13.6 Å². The van der Waals surface area contributed by atoms with Crippen LogP contribution in [0.5, 0.6) is 5.75 Å². The summed E-state index contributed by atoms with van der Waals surface area (Å²) in [6.07, 6.45) is 4.17. The molecule has 0 spiro atoms. The molecule has 1 atom stereocenters. The average Bonchev–Trinajstić information content (AvgIpc) is 2.94. The van der Waals surface area contributed by atoms with Gasteiger partial charge in [0.1, 0.15) is 11.6 Å². The van der Waals surface area contributed by atoms with Crippen molar-refractivity contribution in [1.82, 2.24) is 14.7 Å². The zero-order valence-corrected chi connectivity index (χ0v) is 13.1. The predicted octanol–water partition coefficient (Wildman–Crippen LogP) is 2.95. The minimum absolute atomic E-state index is 0.212. The lowest BCUT2D eigenvalue weighted by molar-refractivity contribution is 0.194. The first-order valence-electron chi connectivity index (χ1n) is 7.70. The molecular weight excluding hydrogens is 281 g/mol. The molecule has 0 unspecified atom stereocenters.